The van der Waals surface area contributed by atoms with Gasteiger partial charge in [0.2, 0.25) is 0 Å². The maximum Gasteiger partial charge on any atom is 0.0585 e. The van der Waals surface area contributed by atoms with Crippen LogP contribution in [0.2, 0.25) is 0 Å². The van der Waals surface area contributed by atoms with Crippen LogP contribution in [-0.4, -0.2) is 35.7 Å². The van der Waals surface area contributed by atoms with Gasteiger partial charge in [-0.2, -0.15) is 0 Å². The quantitative estimate of drug-likeness (QED) is 0.844. The van der Waals surface area contributed by atoms with Crippen LogP contribution in [0.5, 0.6) is 0 Å². The van der Waals surface area contributed by atoms with E-state index in [1.54, 1.807) is 0 Å². The molecular weight excluding hydrogens is 246 g/mol. The molecular formula is C18H35NO. The van der Waals surface area contributed by atoms with Gasteiger partial charge in [-0.05, 0) is 63.3 Å². The molecule has 0 aromatic heterocycles. The molecule has 4 atom stereocenters. The highest BCUT2D eigenvalue weighted by molar-refractivity contribution is 4.86. The molecule has 2 rings (SSSR count). The molecule has 0 amide bonds. The first-order valence-electron chi connectivity index (χ1n) is 8.89. The summed E-state index contributed by atoms with van der Waals surface area (Å²) in [5.74, 6) is 2.82. The predicted molar refractivity (Wildman–Crippen MR) is 85.7 cm³/mol. The molecule has 118 valence electrons. The molecule has 0 heterocycles. The van der Waals surface area contributed by atoms with Crippen LogP contribution < -0.4 is 0 Å². The third kappa shape index (κ3) is 3.98. The van der Waals surface area contributed by atoms with Gasteiger partial charge in [0, 0.05) is 18.5 Å². The Kier molecular flexibility index (Phi) is 5.92. The Morgan fingerprint density at radius 1 is 1.05 bits per heavy atom. The Hall–Kier alpha value is -0.0800. The number of aliphatic hydroxyl groups is 1. The summed E-state index contributed by atoms with van der Waals surface area (Å²) in [6.07, 6.45) is 9.11. The van der Waals surface area contributed by atoms with Crippen LogP contribution in [-0.2, 0) is 0 Å². The first-order chi connectivity index (χ1) is 9.51. The molecule has 2 fully saturated rings. The number of hydrogen-bond donors (Lipinski definition) is 1. The van der Waals surface area contributed by atoms with Gasteiger partial charge in [-0.1, -0.05) is 27.2 Å². The molecule has 2 nitrogen and oxygen atoms in total. The van der Waals surface area contributed by atoms with Crippen molar-refractivity contribution in [3.63, 3.8) is 0 Å². The van der Waals surface area contributed by atoms with Gasteiger partial charge in [-0.15, -0.1) is 0 Å². The third-order valence-corrected chi connectivity index (χ3v) is 6.16. The van der Waals surface area contributed by atoms with E-state index in [4.69, 9.17) is 0 Å². The second-order valence-electron chi connectivity index (χ2n) is 7.81. The van der Waals surface area contributed by atoms with Crippen molar-refractivity contribution >= 4 is 0 Å². The first-order valence-corrected chi connectivity index (χ1v) is 8.89. The first kappa shape index (κ1) is 16.3. The zero-order chi connectivity index (χ0) is 14.7. The van der Waals surface area contributed by atoms with Crippen LogP contribution in [0.25, 0.3) is 0 Å². The Morgan fingerprint density at radius 3 is 2.25 bits per heavy atom. The summed E-state index contributed by atoms with van der Waals surface area (Å²) in [4.78, 5) is 2.56. The van der Waals surface area contributed by atoms with Gasteiger partial charge in [-0.3, -0.25) is 0 Å². The van der Waals surface area contributed by atoms with Crippen LogP contribution in [0.4, 0.5) is 0 Å². The highest BCUT2D eigenvalue weighted by atomic mass is 16.3. The fraction of sp³-hybridized carbons (Fsp3) is 1.00. The Bertz CT molecular complexity index is 273. The fourth-order valence-electron chi connectivity index (χ4n) is 4.65. The lowest BCUT2D eigenvalue weighted by molar-refractivity contribution is -0.00779. The van der Waals surface area contributed by atoms with E-state index in [1.807, 2.05) is 0 Å². The lowest BCUT2D eigenvalue weighted by Gasteiger charge is -2.42. The van der Waals surface area contributed by atoms with Crippen molar-refractivity contribution in [2.75, 3.05) is 13.6 Å². The van der Waals surface area contributed by atoms with Crippen LogP contribution in [0.3, 0.4) is 0 Å². The van der Waals surface area contributed by atoms with Crippen molar-refractivity contribution in [2.24, 2.45) is 23.7 Å². The molecule has 0 radical (unpaired) electrons. The number of aliphatic hydroxyl groups excluding tert-OH is 1. The summed E-state index contributed by atoms with van der Waals surface area (Å²) in [5.41, 5.74) is 0. The van der Waals surface area contributed by atoms with Crippen molar-refractivity contribution in [3.8, 4) is 0 Å². The molecule has 2 heteroatoms. The molecule has 0 aromatic carbocycles. The van der Waals surface area contributed by atoms with E-state index < -0.39 is 0 Å². The van der Waals surface area contributed by atoms with Crippen molar-refractivity contribution in [1.82, 2.24) is 4.90 Å². The van der Waals surface area contributed by atoms with Crippen molar-refractivity contribution in [1.29, 1.82) is 0 Å². The molecule has 2 aliphatic rings. The predicted octanol–water partition coefficient (Wildman–Crippen LogP) is 3.93. The normalized spacial score (nSPS) is 42.9. The molecule has 0 aromatic rings. The molecule has 2 aliphatic carbocycles. The second kappa shape index (κ2) is 7.26. The number of hydrogen-bond acceptors (Lipinski definition) is 2. The van der Waals surface area contributed by atoms with E-state index >= 15 is 0 Å². The van der Waals surface area contributed by atoms with Gasteiger partial charge in [0.05, 0.1) is 6.10 Å². The van der Waals surface area contributed by atoms with Crippen LogP contribution in [0, 0.1) is 23.7 Å². The van der Waals surface area contributed by atoms with E-state index in [1.165, 1.54) is 38.5 Å². The van der Waals surface area contributed by atoms with E-state index in [9.17, 15) is 5.11 Å². The molecule has 0 spiro atoms. The maximum atomic E-state index is 10.4. The molecule has 0 saturated heterocycles. The zero-order valence-electron chi connectivity index (χ0n) is 14.0. The zero-order valence-corrected chi connectivity index (χ0v) is 14.0. The van der Waals surface area contributed by atoms with E-state index in [0.29, 0.717) is 17.8 Å². The minimum Gasteiger partial charge on any atom is -0.393 e. The fourth-order valence-corrected chi connectivity index (χ4v) is 4.65. The van der Waals surface area contributed by atoms with Crippen molar-refractivity contribution < 1.29 is 5.11 Å². The van der Waals surface area contributed by atoms with Gasteiger partial charge >= 0.3 is 0 Å². The minimum absolute atomic E-state index is 0.0804. The monoisotopic (exact) mass is 281 g/mol. The van der Waals surface area contributed by atoms with E-state index in [0.717, 1.165) is 24.9 Å². The Morgan fingerprint density at radius 2 is 1.70 bits per heavy atom. The minimum atomic E-state index is -0.0804. The highest BCUT2D eigenvalue weighted by Gasteiger charge is 2.34. The SMILES string of the molecule is CCC1CCC(N(C)CC2C(C)CC(C)CC2O)CC1. The van der Waals surface area contributed by atoms with E-state index in [-0.39, 0.29) is 6.10 Å². The van der Waals surface area contributed by atoms with Gasteiger partial charge < -0.3 is 10.0 Å². The van der Waals surface area contributed by atoms with E-state index in [2.05, 4.69) is 32.7 Å². The lowest BCUT2D eigenvalue weighted by atomic mass is 9.73. The highest BCUT2D eigenvalue weighted by Crippen LogP contribution is 2.35. The third-order valence-electron chi connectivity index (χ3n) is 6.16. The van der Waals surface area contributed by atoms with Crippen molar-refractivity contribution in [3.05, 3.63) is 0 Å². The summed E-state index contributed by atoms with van der Waals surface area (Å²) < 4.78 is 0. The van der Waals surface area contributed by atoms with Crippen LogP contribution >= 0.6 is 0 Å². The van der Waals surface area contributed by atoms with Crippen LogP contribution in [0.1, 0.15) is 65.7 Å². The van der Waals surface area contributed by atoms with Gasteiger partial charge in [0.15, 0.2) is 0 Å². The van der Waals surface area contributed by atoms with Crippen molar-refractivity contribution in [2.45, 2.75) is 77.9 Å². The topological polar surface area (TPSA) is 23.5 Å². The average molecular weight is 281 g/mol. The molecule has 4 unspecified atom stereocenters. The molecule has 20 heavy (non-hydrogen) atoms. The lowest BCUT2D eigenvalue weighted by Crippen LogP contribution is -2.45. The van der Waals surface area contributed by atoms with Gasteiger partial charge in [-0.25, -0.2) is 0 Å². The molecule has 2 saturated carbocycles. The van der Waals surface area contributed by atoms with Crippen LogP contribution in [0.15, 0.2) is 0 Å². The largest absolute Gasteiger partial charge is 0.393 e. The summed E-state index contributed by atoms with van der Waals surface area (Å²) in [6, 6.07) is 0.761. The van der Waals surface area contributed by atoms with Gasteiger partial charge in [0.1, 0.15) is 0 Å². The second-order valence-corrected chi connectivity index (χ2v) is 7.81. The summed E-state index contributed by atoms with van der Waals surface area (Å²) in [6.45, 7) is 8.05. The summed E-state index contributed by atoms with van der Waals surface area (Å²) in [5, 5.41) is 10.4. The standard InChI is InChI=1S/C18H35NO/c1-5-15-6-8-16(9-7-15)19(4)12-17-14(3)10-13(2)11-18(17)20/h13-18,20H,5-12H2,1-4H3. The Labute approximate surface area is 125 Å². The average Bonchev–Trinajstić information content (AvgIpc) is 2.42. The molecule has 0 bridgehead atoms. The summed E-state index contributed by atoms with van der Waals surface area (Å²) >= 11 is 0. The molecule has 0 aliphatic heterocycles. The molecule has 1 N–H and O–H groups in total. The number of rotatable bonds is 4. The summed E-state index contributed by atoms with van der Waals surface area (Å²) in [7, 11) is 2.29. The number of nitrogens with zero attached hydrogens (tertiary/aromatic N) is 1. The smallest absolute Gasteiger partial charge is 0.0585 e. The maximum absolute atomic E-state index is 10.4. The Balaban J connectivity index is 1.83. The van der Waals surface area contributed by atoms with Gasteiger partial charge in [0.25, 0.3) is 0 Å².